The van der Waals surface area contributed by atoms with E-state index in [1.807, 2.05) is 0 Å². The van der Waals surface area contributed by atoms with E-state index in [2.05, 4.69) is 36.5 Å². The number of fused-ring (bicyclic) bond motifs is 1. The Balaban J connectivity index is 0.000000810. The quantitative estimate of drug-likeness (QED) is 0.544. The number of hydrogen-bond acceptors (Lipinski definition) is 2. The first kappa shape index (κ1) is 17.1. The summed E-state index contributed by atoms with van der Waals surface area (Å²) >= 11 is 6.14. The molecule has 0 bridgehead atoms. The molecule has 2 aliphatic carbocycles. The Labute approximate surface area is 140 Å². The van der Waals surface area contributed by atoms with Crippen molar-refractivity contribution in [1.82, 2.24) is 0 Å². The van der Waals surface area contributed by atoms with Gasteiger partial charge in [-0.15, -0.1) is 0 Å². The van der Waals surface area contributed by atoms with Crippen LogP contribution < -0.4 is 24.8 Å². The van der Waals surface area contributed by atoms with Crippen molar-refractivity contribution in [3.05, 3.63) is 55.2 Å². The second-order valence-corrected chi connectivity index (χ2v) is 14.0. The summed E-state index contributed by atoms with van der Waals surface area (Å²) in [6, 6.07) is 0. The van der Waals surface area contributed by atoms with Gasteiger partial charge in [-0.1, -0.05) is 0 Å². The molecule has 0 fully saturated rings. The number of hydrogen-bond donors (Lipinski definition) is 0. The summed E-state index contributed by atoms with van der Waals surface area (Å²) in [7, 11) is 5.85. The number of thioether (sulfide) groups is 1. The Morgan fingerprint density at radius 2 is 2.06 bits per heavy atom. The summed E-state index contributed by atoms with van der Waals surface area (Å²) in [4.78, 5) is 0. The molecule has 3 rings (SSSR count). The Kier molecular flexibility index (Phi) is 6.78. The first-order valence-corrected chi connectivity index (χ1v) is 12.4. The standard InChI is InChI=1S/C7H4ClS.C5H5.2ClH.S.Zr/c8-7-6-3-1-2-5(6)4-9-7;1-2-4-5-3-1;;;;/h1-4H;1-3H,4H2;2*1H;;/q;;;;;+2/p-2. The molecule has 0 amide bonds. The summed E-state index contributed by atoms with van der Waals surface area (Å²) in [5, 5.41) is 0. The van der Waals surface area contributed by atoms with E-state index < -0.39 is 19.7 Å². The van der Waals surface area contributed by atoms with Crippen LogP contribution in [0.15, 0.2) is 55.2 Å². The Morgan fingerprint density at radius 1 is 1.28 bits per heavy atom. The molecule has 0 saturated heterocycles. The molecule has 94 valence electrons. The monoisotopic (exact) mass is 412 g/mol. The van der Waals surface area contributed by atoms with Gasteiger partial charge in [-0.05, 0) is 0 Å². The van der Waals surface area contributed by atoms with Gasteiger partial charge in [0.15, 0.2) is 0 Å². The molecular formula is C12H9Cl3S2Zr. The van der Waals surface area contributed by atoms with Crippen molar-refractivity contribution in [3.8, 4) is 0 Å². The second kappa shape index (κ2) is 7.15. The molecule has 18 heavy (non-hydrogen) atoms. The van der Waals surface area contributed by atoms with E-state index >= 15 is 0 Å². The summed E-state index contributed by atoms with van der Waals surface area (Å²) in [5.74, 6) is 0. The molecule has 1 heterocycles. The molecule has 1 aliphatic heterocycles. The van der Waals surface area contributed by atoms with Crippen molar-refractivity contribution in [2.24, 2.45) is 0 Å². The molecule has 6 heteroatoms. The minimum absolute atomic E-state index is 0. The van der Waals surface area contributed by atoms with Crippen LogP contribution in [0, 0.1) is 0 Å². The van der Waals surface area contributed by atoms with Gasteiger partial charge >= 0.3 is 117 Å². The SMILES string of the molecule is [Cl-].[Cl-].[S]=[Zr+2]([C]1=CC=CC1)[CH]1SC(Cl)=C2C=CC=C21. The minimum atomic E-state index is -1.92. The molecule has 0 N–H and O–H groups in total. The molecule has 0 aromatic heterocycles. The topological polar surface area (TPSA) is 0 Å². The Morgan fingerprint density at radius 3 is 2.72 bits per heavy atom. The molecule has 0 radical (unpaired) electrons. The van der Waals surface area contributed by atoms with E-state index in [0.717, 1.165) is 10.8 Å². The van der Waals surface area contributed by atoms with E-state index in [9.17, 15) is 0 Å². The van der Waals surface area contributed by atoms with Crippen LogP contribution >= 0.6 is 32.2 Å². The average Bonchev–Trinajstić information content (AvgIpc) is 2.94. The van der Waals surface area contributed by atoms with E-state index in [-0.39, 0.29) is 24.8 Å². The number of halogens is 3. The van der Waals surface area contributed by atoms with Crippen LogP contribution in [-0.2, 0) is 19.7 Å². The van der Waals surface area contributed by atoms with Gasteiger partial charge in [-0.3, -0.25) is 0 Å². The van der Waals surface area contributed by atoms with Crippen molar-refractivity contribution in [2.45, 2.75) is 9.38 Å². The first-order valence-electron chi connectivity index (χ1n) is 5.12. The van der Waals surface area contributed by atoms with Crippen molar-refractivity contribution in [1.29, 1.82) is 0 Å². The van der Waals surface area contributed by atoms with Crippen molar-refractivity contribution in [3.63, 3.8) is 0 Å². The van der Waals surface area contributed by atoms with Crippen LogP contribution in [0.4, 0.5) is 0 Å². The fourth-order valence-corrected chi connectivity index (χ4v) is 12.6. The molecule has 3 aliphatic rings. The molecule has 0 aromatic carbocycles. The van der Waals surface area contributed by atoms with Gasteiger partial charge in [0.05, 0.1) is 0 Å². The second-order valence-electron chi connectivity index (χ2n) is 3.85. The normalized spacial score (nSPS) is 22.8. The van der Waals surface area contributed by atoms with Crippen LogP contribution in [0.2, 0.25) is 0 Å². The van der Waals surface area contributed by atoms with Gasteiger partial charge in [0.1, 0.15) is 0 Å². The number of allylic oxidation sites excluding steroid dienone is 8. The molecule has 0 aromatic rings. The van der Waals surface area contributed by atoms with Crippen molar-refractivity contribution in [2.75, 3.05) is 0 Å². The van der Waals surface area contributed by atoms with Crippen LogP contribution in [0.25, 0.3) is 0 Å². The first-order chi connectivity index (χ1) is 7.77. The number of rotatable bonds is 2. The fourth-order valence-electron chi connectivity index (χ4n) is 2.07. The van der Waals surface area contributed by atoms with Crippen LogP contribution in [0.3, 0.4) is 0 Å². The van der Waals surface area contributed by atoms with Crippen LogP contribution in [-0.4, -0.2) is 2.96 Å². The predicted molar refractivity (Wildman–Crippen MR) is 70.9 cm³/mol. The van der Waals surface area contributed by atoms with E-state index in [0.29, 0.717) is 2.96 Å². The average molecular weight is 415 g/mol. The molecule has 1 unspecified atom stereocenters. The van der Waals surface area contributed by atoms with Gasteiger partial charge < -0.3 is 24.8 Å². The van der Waals surface area contributed by atoms with Crippen molar-refractivity contribution >= 4 is 32.2 Å². The predicted octanol–water partition coefficient (Wildman–Crippen LogP) is -1.41. The third-order valence-electron chi connectivity index (χ3n) is 2.89. The third kappa shape index (κ3) is 3.02. The molecule has 0 saturated carbocycles. The van der Waals surface area contributed by atoms with E-state index in [4.69, 9.17) is 20.5 Å². The Bertz CT molecular complexity index is 529. The van der Waals surface area contributed by atoms with E-state index in [1.54, 1.807) is 11.8 Å². The van der Waals surface area contributed by atoms with Gasteiger partial charge in [0.2, 0.25) is 0 Å². The summed E-state index contributed by atoms with van der Waals surface area (Å²) < 4.78 is 2.99. The Hall–Kier alpha value is 1.02. The van der Waals surface area contributed by atoms with Crippen LogP contribution in [0.1, 0.15) is 6.42 Å². The zero-order chi connectivity index (χ0) is 11.1. The van der Waals surface area contributed by atoms with Gasteiger partial charge in [-0.25, -0.2) is 0 Å². The maximum absolute atomic E-state index is 6.26. The zero-order valence-corrected chi connectivity index (χ0v) is 15.6. The van der Waals surface area contributed by atoms with Gasteiger partial charge in [0, 0.05) is 0 Å². The molecule has 0 nitrogen and oxygen atoms in total. The van der Waals surface area contributed by atoms with Crippen molar-refractivity contribution < 1.29 is 44.5 Å². The molecule has 0 spiro atoms. The summed E-state index contributed by atoms with van der Waals surface area (Å²) in [6.07, 6.45) is 14.1. The van der Waals surface area contributed by atoms with E-state index in [1.165, 1.54) is 14.4 Å². The molecule has 1 atom stereocenters. The van der Waals surface area contributed by atoms with Gasteiger partial charge in [0.25, 0.3) is 0 Å². The fraction of sp³-hybridized carbons (Fsp3) is 0.167. The zero-order valence-electron chi connectivity index (χ0n) is 9.20. The third-order valence-corrected chi connectivity index (χ3v) is 14.8. The molecular weight excluding hydrogens is 406 g/mol. The maximum atomic E-state index is 6.26. The van der Waals surface area contributed by atoms with Crippen LogP contribution in [0.5, 0.6) is 0 Å². The van der Waals surface area contributed by atoms with Gasteiger partial charge in [-0.2, -0.15) is 0 Å². The summed E-state index contributed by atoms with van der Waals surface area (Å²) in [6.45, 7) is 0. The summed E-state index contributed by atoms with van der Waals surface area (Å²) in [5.41, 5.74) is 2.62.